The molecule has 0 aliphatic heterocycles. The van der Waals surface area contributed by atoms with E-state index in [9.17, 15) is 9.90 Å². The smallest absolute Gasteiger partial charge is 0.337 e. The fraction of sp³-hybridized carbons (Fsp3) is 0.350. The second-order valence-corrected chi connectivity index (χ2v) is 6.23. The van der Waals surface area contributed by atoms with Crippen LogP contribution in [-0.2, 0) is 16.0 Å². The molecule has 2 rings (SSSR count). The van der Waals surface area contributed by atoms with E-state index >= 15 is 0 Å². The number of aliphatic hydroxyl groups is 1. The van der Waals surface area contributed by atoms with E-state index in [4.69, 9.17) is 10.5 Å². The fourth-order valence-electron chi connectivity index (χ4n) is 2.72. The van der Waals surface area contributed by atoms with Crippen LogP contribution in [0.1, 0.15) is 25.8 Å². The lowest BCUT2D eigenvalue weighted by atomic mass is 9.93. The van der Waals surface area contributed by atoms with E-state index in [0.29, 0.717) is 6.42 Å². The summed E-state index contributed by atoms with van der Waals surface area (Å²) in [6.45, 7) is 3.40. The van der Waals surface area contributed by atoms with E-state index < -0.39 is 11.6 Å². The van der Waals surface area contributed by atoms with Crippen molar-refractivity contribution in [1.29, 1.82) is 0 Å². The van der Waals surface area contributed by atoms with Crippen molar-refractivity contribution in [3.05, 3.63) is 60.2 Å². The molecule has 0 aromatic heterocycles. The van der Waals surface area contributed by atoms with Crippen LogP contribution in [0.25, 0.3) is 11.1 Å². The molecular formula is C20H25NO3. The van der Waals surface area contributed by atoms with Crippen molar-refractivity contribution in [2.45, 2.75) is 38.3 Å². The monoisotopic (exact) mass is 327 g/mol. The molecule has 0 saturated heterocycles. The zero-order valence-electron chi connectivity index (χ0n) is 14.2. The number of hydrogen-bond donors (Lipinski definition) is 2. The lowest BCUT2D eigenvalue weighted by Gasteiger charge is -2.24. The molecule has 0 spiro atoms. The Hall–Kier alpha value is -2.17. The predicted octanol–water partition coefficient (Wildman–Crippen LogP) is 2.93. The van der Waals surface area contributed by atoms with Crippen molar-refractivity contribution in [1.82, 2.24) is 0 Å². The third-order valence-corrected chi connectivity index (χ3v) is 3.93. The van der Waals surface area contributed by atoms with Crippen molar-refractivity contribution >= 4 is 5.97 Å². The normalized spacial score (nSPS) is 14.7. The van der Waals surface area contributed by atoms with Gasteiger partial charge in [-0.15, -0.1) is 0 Å². The highest BCUT2D eigenvalue weighted by molar-refractivity contribution is 5.78. The molecule has 3 N–H and O–H groups in total. The van der Waals surface area contributed by atoms with E-state index in [1.54, 1.807) is 6.92 Å². The zero-order valence-corrected chi connectivity index (χ0v) is 14.2. The number of hydrogen-bond acceptors (Lipinski definition) is 4. The molecule has 4 heteroatoms. The number of carbonyl (C=O) groups excluding carboxylic acids is 1. The Labute approximate surface area is 143 Å². The maximum Gasteiger partial charge on any atom is 0.337 e. The van der Waals surface area contributed by atoms with Gasteiger partial charge in [-0.2, -0.15) is 0 Å². The second kappa shape index (κ2) is 8.08. The van der Waals surface area contributed by atoms with Crippen molar-refractivity contribution in [2.75, 3.05) is 6.61 Å². The molecule has 0 saturated carbocycles. The van der Waals surface area contributed by atoms with E-state index in [1.165, 1.54) is 12.5 Å². The standard InChI is InChI=1S/C20H25NO3/c1-3-24-19(22)20(2,23)14-18(21)13-15-9-11-17(12-10-15)16-7-5-4-6-8-16/h4-12,18,23H,3,13-14,21H2,1-2H3. The quantitative estimate of drug-likeness (QED) is 0.767. The van der Waals surface area contributed by atoms with Crippen LogP contribution in [0, 0.1) is 0 Å². The van der Waals surface area contributed by atoms with Gasteiger partial charge in [0.2, 0.25) is 0 Å². The third-order valence-electron chi connectivity index (χ3n) is 3.93. The molecule has 2 atom stereocenters. The molecule has 24 heavy (non-hydrogen) atoms. The highest BCUT2D eigenvalue weighted by Gasteiger charge is 2.33. The Morgan fingerprint density at radius 3 is 2.29 bits per heavy atom. The van der Waals surface area contributed by atoms with Crippen LogP contribution in [-0.4, -0.2) is 29.3 Å². The van der Waals surface area contributed by atoms with Crippen LogP contribution >= 0.6 is 0 Å². The van der Waals surface area contributed by atoms with Crippen molar-refractivity contribution in [2.24, 2.45) is 5.73 Å². The predicted molar refractivity (Wildman–Crippen MR) is 95.4 cm³/mol. The van der Waals surface area contributed by atoms with Gasteiger partial charge < -0.3 is 15.6 Å². The molecule has 0 bridgehead atoms. The topological polar surface area (TPSA) is 72.5 Å². The average Bonchev–Trinajstić information content (AvgIpc) is 2.56. The maximum atomic E-state index is 11.7. The minimum atomic E-state index is -1.56. The molecule has 2 aromatic carbocycles. The van der Waals surface area contributed by atoms with Gasteiger partial charge in [0.15, 0.2) is 5.60 Å². The molecule has 0 radical (unpaired) electrons. The lowest BCUT2D eigenvalue weighted by Crippen LogP contribution is -2.43. The summed E-state index contributed by atoms with van der Waals surface area (Å²) in [5.41, 5.74) is 7.93. The molecule has 2 aromatic rings. The third kappa shape index (κ3) is 4.91. The highest BCUT2D eigenvalue weighted by atomic mass is 16.5. The number of esters is 1. The van der Waals surface area contributed by atoms with Gasteiger partial charge in [0.1, 0.15) is 0 Å². The van der Waals surface area contributed by atoms with Gasteiger partial charge in [0, 0.05) is 12.5 Å². The number of benzene rings is 2. The summed E-state index contributed by atoms with van der Waals surface area (Å²) in [5.74, 6) is -0.625. The molecular weight excluding hydrogens is 302 g/mol. The number of rotatable bonds is 7. The Bertz CT molecular complexity index is 650. The van der Waals surface area contributed by atoms with Gasteiger partial charge in [0.25, 0.3) is 0 Å². The number of carbonyl (C=O) groups is 1. The van der Waals surface area contributed by atoms with Gasteiger partial charge in [-0.1, -0.05) is 54.6 Å². The van der Waals surface area contributed by atoms with Crippen molar-refractivity contribution in [3.8, 4) is 11.1 Å². The SMILES string of the molecule is CCOC(=O)C(C)(O)CC(N)Cc1ccc(-c2ccccc2)cc1. The second-order valence-electron chi connectivity index (χ2n) is 6.23. The Kier molecular flexibility index (Phi) is 6.12. The van der Waals surface area contributed by atoms with Gasteiger partial charge in [-0.25, -0.2) is 4.79 Å². The molecule has 2 unspecified atom stereocenters. The summed E-state index contributed by atoms with van der Waals surface area (Å²) in [6.07, 6.45) is 0.747. The van der Waals surface area contributed by atoms with Crippen LogP contribution in [0.4, 0.5) is 0 Å². The van der Waals surface area contributed by atoms with Crippen LogP contribution in [0.2, 0.25) is 0 Å². The van der Waals surface area contributed by atoms with E-state index in [1.807, 2.05) is 30.3 Å². The van der Waals surface area contributed by atoms with E-state index in [-0.39, 0.29) is 19.1 Å². The van der Waals surface area contributed by atoms with Gasteiger partial charge in [0.05, 0.1) is 6.61 Å². The van der Waals surface area contributed by atoms with Crippen molar-refractivity contribution < 1.29 is 14.6 Å². The maximum absolute atomic E-state index is 11.7. The molecule has 128 valence electrons. The van der Waals surface area contributed by atoms with Crippen LogP contribution < -0.4 is 5.73 Å². The minimum Gasteiger partial charge on any atom is -0.464 e. The van der Waals surface area contributed by atoms with Gasteiger partial charge >= 0.3 is 5.97 Å². The first-order chi connectivity index (χ1) is 11.4. The molecule has 0 heterocycles. The first kappa shape index (κ1) is 18.2. The number of nitrogens with two attached hydrogens (primary N) is 1. The highest BCUT2D eigenvalue weighted by Crippen LogP contribution is 2.21. The molecule has 0 amide bonds. The van der Waals surface area contributed by atoms with Gasteiger partial charge in [-0.05, 0) is 37.0 Å². The molecule has 0 fully saturated rings. The Morgan fingerprint density at radius 1 is 1.12 bits per heavy atom. The van der Waals surface area contributed by atoms with Crippen molar-refractivity contribution in [3.63, 3.8) is 0 Å². The summed E-state index contributed by atoms with van der Waals surface area (Å²) in [6, 6.07) is 18.0. The molecule has 4 nitrogen and oxygen atoms in total. The Morgan fingerprint density at radius 2 is 1.71 bits per heavy atom. The minimum absolute atomic E-state index is 0.159. The summed E-state index contributed by atoms with van der Waals surface area (Å²) in [5, 5.41) is 10.2. The summed E-state index contributed by atoms with van der Waals surface area (Å²) < 4.78 is 4.88. The van der Waals surface area contributed by atoms with Gasteiger partial charge in [-0.3, -0.25) is 0 Å². The Balaban J connectivity index is 1.97. The van der Waals surface area contributed by atoms with E-state index in [0.717, 1.165) is 11.1 Å². The largest absolute Gasteiger partial charge is 0.464 e. The zero-order chi connectivity index (χ0) is 17.6. The summed E-state index contributed by atoms with van der Waals surface area (Å²) >= 11 is 0. The fourth-order valence-corrected chi connectivity index (χ4v) is 2.72. The van der Waals surface area contributed by atoms with Crippen LogP contribution in [0.5, 0.6) is 0 Å². The first-order valence-electron chi connectivity index (χ1n) is 8.22. The van der Waals surface area contributed by atoms with E-state index in [2.05, 4.69) is 24.3 Å². The van der Waals surface area contributed by atoms with Crippen LogP contribution in [0.15, 0.2) is 54.6 Å². The average molecular weight is 327 g/mol. The number of ether oxygens (including phenoxy) is 1. The molecule has 0 aliphatic rings. The first-order valence-corrected chi connectivity index (χ1v) is 8.22. The molecule has 0 aliphatic carbocycles. The van der Waals surface area contributed by atoms with Crippen LogP contribution in [0.3, 0.4) is 0 Å². The summed E-state index contributed by atoms with van der Waals surface area (Å²) in [4.78, 5) is 11.7. The summed E-state index contributed by atoms with van der Waals surface area (Å²) in [7, 11) is 0. The lowest BCUT2D eigenvalue weighted by molar-refractivity contribution is -0.164.